The van der Waals surface area contributed by atoms with Gasteiger partial charge in [-0.25, -0.2) is 0 Å². The Morgan fingerprint density at radius 3 is 2.50 bits per heavy atom. The monoisotopic (exact) mass is 213 g/mol. The third-order valence-corrected chi connectivity index (χ3v) is 3.56. The predicted molar refractivity (Wildman–Crippen MR) is 68.5 cm³/mol. The average molecular weight is 213 g/mol. The molecular formula is C13H15N3. The molecule has 0 radical (unpaired) electrons. The Kier molecular flexibility index (Phi) is 1.64. The van der Waals surface area contributed by atoms with Crippen molar-refractivity contribution in [2.75, 3.05) is 5.73 Å². The smallest absolute Gasteiger partial charge is 0.123 e. The molecule has 2 aromatic heterocycles. The van der Waals surface area contributed by atoms with E-state index in [0.717, 1.165) is 11.4 Å². The van der Waals surface area contributed by atoms with Crippen molar-refractivity contribution in [3.05, 3.63) is 30.0 Å². The first-order valence-corrected chi connectivity index (χ1v) is 5.40. The quantitative estimate of drug-likeness (QED) is 0.612. The van der Waals surface area contributed by atoms with Gasteiger partial charge >= 0.3 is 0 Å². The van der Waals surface area contributed by atoms with Gasteiger partial charge in [-0.2, -0.15) is 0 Å². The lowest BCUT2D eigenvalue weighted by Gasteiger charge is -2.02. The number of hydrogen-bond acceptors (Lipinski definition) is 1. The lowest BCUT2D eigenvalue weighted by molar-refractivity contribution is 0.858. The van der Waals surface area contributed by atoms with Crippen molar-refractivity contribution in [1.82, 2.24) is 9.13 Å². The minimum Gasteiger partial charge on any atom is -0.397 e. The maximum atomic E-state index is 6.18. The largest absolute Gasteiger partial charge is 0.397 e. The Balaban J connectivity index is 2.71. The number of nitrogens with two attached hydrogens (primary N) is 1. The minimum absolute atomic E-state index is 0.898. The predicted octanol–water partition coefficient (Wildman–Crippen LogP) is 2.56. The van der Waals surface area contributed by atoms with Gasteiger partial charge in [-0.15, -0.1) is 0 Å². The van der Waals surface area contributed by atoms with Crippen LogP contribution < -0.4 is 5.73 Å². The van der Waals surface area contributed by atoms with Crippen LogP contribution in [0.15, 0.2) is 24.3 Å². The van der Waals surface area contributed by atoms with Crippen LogP contribution in [-0.4, -0.2) is 9.13 Å². The summed E-state index contributed by atoms with van der Waals surface area (Å²) in [5.41, 5.74) is 10.6. The Labute approximate surface area is 94.1 Å². The van der Waals surface area contributed by atoms with Crippen molar-refractivity contribution in [2.45, 2.75) is 6.92 Å². The van der Waals surface area contributed by atoms with E-state index in [-0.39, 0.29) is 0 Å². The zero-order valence-electron chi connectivity index (χ0n) is 9.78. The molecule has 2 N–H and O–H groups in total. The van der Waals surface area contributed by atoms with Crippen LogP contribution in [0.4, 0.5) is 5.69 Å². The topological polar surface area (TPSA) is 35.9 Å². The van der Waals surface area contributed by atoms with Crippen molar-refractivity contribution in [3.8, 4) is 0 Å². The van der Waals surface area contributed by atoms with E-state index in [9.17, 15) is 0 Å². The van der Waals surface area contributed by atoms with Crippen molar-refractivity contribution in [2.24, 2.45) is 14.1 Å². The standard InChI is InChI=1S/C13H15N3/c1-8-12(14)11-9-6-4-5-7-10(9)16(3)13(11)15(8)2/h4-7H,14H2,1-3H3. The number of benzene rings is 1. The van der Waals surface area contributed by atoms with Gasteiger partial charge in [0.05, 0.1) is 11.2 Å². The number of nitrogen functional groups attached to an aromatic ring is 1. The Hall–Kier alpha value is -1.90. The summed E-state index contributed by atoms with van der Waals surface area (Å²) in [6.45, 7) is 2.06. The van der Waals surface area contributed by atoms with Crippen LogP contribution >= 0.6 is 0 Å². The van der Waals surface area contributed by atoms with Crippen LogP contribution in [0.5, 0.6) is 0 Å². The number of fused-ring (bicyclic) bond motifs is 3. The summed E-state index contributed by atoms with van der Waals surface area (Å²) in [6.07, 6.45) is 0. The van der Waals surface area contributed by atoms with Crippen LogP contribution in [0.3, 0.4) is 0 Å². The normalized spacial score (nSPS) is 11.7. The second-order valence-electron chi connectivity index (χ2n) is 4.33. The van der Waals surface area contributed by atoms with Crippen LogP contribution in [0.25, 0.3) is 21.9 Å². The van der Waals surface area contributed by atoms with Crippen molar-refractivity contribution in [1.29, 1.82) is 0 Å². The summed E-state index contributed by atoms with van der Waals surface area (Å²) >= 11 is 0. The van der Waals surface area contributed by atoms with Crippen molar-refractivity contribution >= 4 is 27.6 Å². The average Bonchev–Trinajstić information content (AvgIpc) is 2.71. The molecule has 0 bridgehead atoms. The summed E-state index contributed by atoms with van der Waals surface area (Å²) in [4.78, 5) is 0. The van der Waals surface area contributed by atoms with Crippen LogP contribution in [0.2, 0.25) is 0 Å². The lowest BCUT2D eigenvalue weighted by atomic mass is 10.2. The number of aromatic nitrogens is 2. The summed E-state index contributed by atoms with van der Waals surface area (Å²) in [5, 5.41) is 2.42. The molecule has 0 aliphatic rings. The molecule has 0 saturated heterocycles. The first kappa shape index (κ1) is 9.33. The Morgan fingerprint density at radius 2 is 1.75 bits per heavy atom. The van der Waals surface area contributed by atoms with Gasteiger partial charge in [0.15, 0.2) is 0 Å². The van der Waals surface area contributed by atoms with Crippen LogP contribution in [0.1, 0.15) is 5.69 Å². The fraction of sp³-hybridized carbons (Fsp3) is 0.231. The highest BCUT2D eigenvalue weighted by Crippen LogP contribution is 2.35. The maximum absolute atomic E-state index is 6.18. The highest BCUT2D eigenvalue weighted by atomic mass is 15.1. The molecule has 0 unspecified atom stereocenters. The van der Waals surface area contributed by atoms with Gasteiger partial charge in [0.1, 0.15) is 5.65 Å². The van der Waals surface area contributed by atoms with E-state index in [0.29, 0.717) is 0 Å². The molecule has 0 aliphatic carbocycles. The van der Waals surface area contributed by atoms with Gasteiger partial charge in [-0.3, -0.25) is 0 Å². The summed E-state index contributed by atoms with van der Waals surface area (Å²) < 4.78 is 4.36. The van der Waals surface area contributed by atoms with Gasteiger partial charge in [0, 0.05) is 30.6 Å². The second kappa shape index (κ2) is 2.82. The molecule has 3 nitrogen and oxygen atoms in total. The molecule has 1 aromatic carbocycles. The van der Waals surface area contributed by atoms with Crippen molar-refractivity contribution in [3.63, 3.8) is 0 Å². The molecule has 0 amide bonds. The summed E-state index contributed by atoms with van der Waals surface area (Å²) in [5.74, 6) is 0. The molecule has 2 heterocycles. The number of aryl methyl sites for hydroxylation is 2. The molecule has 16 heavy (non-hydrogen) atoms. The Morgan fingerprint density at radius 1 is 1.06 bits per heavy atom. The van der Waals surface area contributed by atoms with Crippen LogP contribution in [0, 0.1) is 6.92 Å². The molecule has 0 fully saturated rings. The number of para-hydroxylation sites is 1. The minimum atomic E-state index is 0.898. The number of anilines is 1. The van der Waals surface area contributed by atoms with E-state index in [4.69, 9.17) is 5.73 Å². The van der Waals surface area contributed by atoms with E-state index in [1.807, 2.05) is 0 Å². The molecule has 0 saturated carbocycles. The molecule has 3 rings (SSSR count). The molecule has 82 valence electrons. The molecular weight excluding hydrogens is 198 g/mol. The third-order valence-electron chi connectivity index (χ3n) is 3.56. The molecule has 3 heteroatoms. The zero-order chi connectivity index (χ0) is 11.4. The first-order chi connectivity index (χ1) is 7.63. The van der Waals surface area contributed by atoms with Gasteiger partial charge in [-0.05, 0) is 13.0 Å². The SMILES string of the molecule is Cc1c(N)c2c3ccccc3n(C)c2n1C. The maximum Gasteiger partial charge on any atom is 0.123 e. The lowest BCUT2D eigenvalue weighted by Crippen LogP contribution is -1.98. The van der Waals surface area contributed by atoms with E-state index in [1.165, 1.54) is 21.9 Å². The second-order valence-corrected chi connectivity index (χ2v) is 4.33. The highest BCUT2D eigenvalue weighted by molar-refractivity contribution is 6.13. The van der Waals surface area contributed by atoms with E-state index < -0.39 is 0 Å². The Bertz CT molecular complexity index is 701. The van der Waals surface area contributed by atoms with E-state index >= 15 is 0 Å². The molecule has 0 aliphatic heterocycles. The van der Waals surface area contributed by atoms with Crippen molar-refractivity contribution < 1.29 is 0 Å². The molecule has 3 aromatic rings. The number of nitrogens with zero attached hydrogens (tertiary/aromatic N) is 2. The fourth-order valence-electron chi connectivity index (χ4n) is 2.56. The van der Waals surface area contributed by atoms with Crippen LogP contribution in [-0.2, 0) is 14.1 Å². The zero-order valence-corrected chi connectivity index (χ0v) is 9.78. The third kappa shape index (κ3) is 0.883. The van der Waals surface area contributed by atoms with Gasteiger partial charge < -0.3 is 14.9 Å². The molecule has 0 atom stereocenters. The fourth-order valence-corrected chi connectivity index (χ4v) is 2.56. The first-order valence-electron chi connectivity index (χ1n) is 5.40. The summed E-state index contributed by atoms with van der Waals surface area (Å²) in [6, 6.07) is 8.38. The van der Waals surface area contributed by atoms with E-state index in [2.05, 4.69) is 54.4 Å². The highest BCUT2D eigenvalue weighted by Gasteiger charge is 2.16. The number of rotatable bonds is 0. The summed E-state index contributed by atoms with van der Waals surface area (Å²) in [7, 11) is 4.15. The molecule has 0 spiro atoms. The number of hydrogen-bond donors (Lipinski definition) is 1. The van der Waals surface area contributed by atoms with Gasteiger partial charge in [0.25, 0.3) is 0 Å². The van der Waals surface area contributed by atoms with E-state index in [1.54, 1.807) is 0 Å². The van der Waals surface area contributed by atoms with Gasteiger partial charge in [0.2, 0.25) is 0 Å². The van der Waals surface area contributed by atoms with Gasteiger partial charge in [-0.1, -0.05) is 18.2 Å².